The van der Waals surface area contributed by atoms with E-state index in [1.807, 2.05) is 17.9 Å². The van der Waals surface area contributed by atoms with Crippen LogP contribution in [-0.2, 0) is 4.79 Å². The molecular weight excluding hydrogens is 462 g/mol. The molecule has 1 aromatic carbocycles. The Morgan fingerprint density at radius 3 is 2.67 bits per heavy atom. The first-order chi connectivity index (χ1) is 15.9. The number of carbonyl (C=O) groups excluding carboxylic acids is 3. The van der Waals surface area contributed by atoms with Gasteiger partial charge in [0.2, 0.25) is 5.91 Å². The summed E-state index contributed by atoms with van der Waals surface area (Å²) in [6, 6.07) is 8.28. The molecule has 2 saturated heterocycles. The molecule has 0 spiro atoms. The summed E-state index contributed by atoms with van der Waals surface area (Å²) < 4.78 is 5.82. The lowest BCUT2D eigenvalue weighted by Crippen LogP contribution is -2.42. The molecule has 7 nitrogen and oxygen atoms in total. The molecule has 1 N–H and O–H groups in total. The van der Waals surface area contributed by atoms with Gasteiger partial charge in [0.05, 0.1) is 16.3 Å². The minimum atomic E-state index is -0.634. The Morgan fingerprint density at radius 2 is 2.03 bits per heavy atom. The maximum absolute atomic E-state index is 13.2. The number of rotatable bonds is 6. The molecule has 3 heterocycles. The van der Waals surface area contributed by atoms with Gasteiger partial charge < -0.3 is 19.9 Å². The Balaban J connectivity index is 1.48. The van der Waals surface area contributed by atoms with Crippen LogP contribution < -0.4 is 15.0 Å². The molecule has 0 saturated carbocycles. The molecule has 2 aliphatic heterocycles. The number of allylic oxidation sites excluding steroid dienone is 1. The first-order valence-electron chi connectivity index (χ1n) is 10.9. The van der Waals surface area contributed by atoms with Crippen molar-refractivity contribution in [3.05, 3.63) is 58.5 Å². The zero-order chi connectivity index (χ0) is 23.5. The number of thiophene rings is 1. The molecule has 2 aliphatic rings. The van der Waals surface area contributed by atoms with E-state index in [2.05, 4.69) is 11.9 Å². The topological polar surface area (TPSA) is 79.0 Å². The molecule has 2 atom stereocenters. The molecule has 9 heteroatoms. The van der Waals surface area contributed by atoms with Crippen LogP contribution in [0.5, 0.6) is 5.06 Å². The van der Waals surface area contributed by atoms with Gasteiger partial charge in [0.1, 0.15) is 0 Å². The van der Waals surface area contributed by atoms with Crippen LogP contribution >= 0.6 is 22.9 Å². The number of nitrogens with one attached hydrogen (secondary N) is 1. The number of hydrogen-bond acceptors (Lipinski definition) is 5. The van der Waals surface area contributed by atoms with Crippen molar-refractivity contribution in [1.29, 1.82) is 0 Å². The third kappa shape index (κ3) is 5.07. The Hall–Kier alpha value is -2.84. The van der Waals surface area contributed by atoms with Crippen LogP contribution in [0.3, 0.4) is 0 Å². The van der Waals surface area contributed by atoms with Gasteiger partial charge in [0, 0.05) is 30.9 Å². The lowest BCUT2D eigenvalue weighted by Gasteiger charge is -2.20. The Kier molecular flexibility index (Phi) is 7.05. The second-order valence-electron chi connectivity index (χ2n) is 8.28. The quantitative estimate of drug-likeness (QED) is 0.602. The van der Waals surface area contributed by atoms with Crippen LogP contribution in [0.15, 0.2) is 43.0 Å². The van der Waals surface area contributed by atoms with Crippen molar-refractivity contribution < 1.29 is 19.1 Å². The average Bonchev–Trinajstić information content (AvgIpc) is 3.51. The van der Waals surface area contributed by atoms with E-state index in [-0.39, 0.29) is 11.8 Å². The van der Waals surface area contributed by atoms with Crippen LogP contribution in [0.1, 0.15) is 35.2 Å². The molecule has 0 radical (unpaired) electrons. The lowest BCUT2D eigenvalue weighted by molar-refractivity contribution is -0.120. The summed E-state index contributed by atoms with van der Waals surface area (Å²) in [7, 11) is 0. The summed E-state index contributed by atoms with van der Waals surface area (Å²) in [5.74, 6) is -0.518. The van der Waals surface area contributed by atoms with Crippen molar-refractivity contribution in [3.8, 4) is 5.06 Å². The third-order valence-corrected chi connectivity index (χ3v) is 7.17. The monoisotopic (exact) mass is 487 g/mol. The van der Waals surface area contributed by atoms with E-state index in [0.717, 1.165) is 42.8 Å². The summed E-state index contributed by atoms with van der Waals surface area (Å²) in [5, 5.41) is 3.20. The maximum atomic E-state index is 13.2. The highest BCUT2D eigenvalue weighted by atomic mass is 35.5. The average molecular weight is 488 g/mol. The predicted octanol–water partition coefficient (Wildman–Crippen LogP) is 4.64. The second kappa shape index (κ2) is 9.97. The van der Waals surface area contributed by atoms with E-state index >= 15 is 0 Å². The number of likely N-dealkylation sites (tertiary alicyclic amines) is 1. The molecule has 2 aromatic rings. The number of carbonyl (C=O) groups is 3. The first kappa shape index (κ1) is 23.3. The van der Waals surface area contributed by atoms with E-state index < -0.39 is 18.1 Å². The number of anilines is 1. The lowest BCUT2D eigenvalue weighted by atomic mass is 9.99. The fraction of sp³-hybridized carbons (Fsp3) is 0.375. The van der Waals surface area contributed by atoms with Crippen molar-refractivity contribution in [3.63, 3.8) is 0 Å². The number of aryl methyl sites for hydroxylation is 1. The number of ether oxygens (including phenoxy) is 1. The molecule has 1 aromatic heterocycles. The zero-order valence-corrected chi connectivity index (χ0v) is 20.0. The second-order valence-corrected chi connectivity index (χ2v) is 9.95. The summed E-state index contributed by atoms with van der Waals surface area (Å²) >= 11 is 7.04. The number of amides is 3. The minimum Gasteiger partial charge on any atom is -0.399 e. The van der Waals surface area contributed by atoms with Crippen LogP contribution in [0.4, 0.5) is 10.5 Å². The highest BCUT2D eigenvalue weighted by Gasteiger charge is 2.41. The van der Waals surface area contributed by atoms with Crippen LogP contribution in [0.2, 0.25) is 4.34 Å². The Bertz CT molecular complexity index is 1080. The third-order valence-electron chi connectivity index (χ3n) is 6.06. The number of nitrogens with zero attached hydrogens (tertiary/aromatic N) is 2. The van der Waals surface area contributed by atoms with Gasteiger partial charge in [-0.3, -0.25) is 9.59 Å². The molecule has 2 unspecified atom stereocenters. The normalized spacial score (nSPS) is 20.2. The van der Waals surface area contributed by atoms with Gasteiger partial charge in [-0.15, -0.1) is 6.58 Å². The summed E-state index contributed by atoms with van der Waals surface area (Å²) in [5.41, 5.74) is 2.18. The highest BCUT2D eigenvalue weighted by molar-refractivity contribution is 7.17. The summed E-state index contributed by atoms with van der Waals surface area (Å²) in [6.07, 6.45) is 3.53. The van der Waals surface area contributed by atoms with Gasteiger partial charge in [-0.2, -0.15) is 0 Å². The van der Waals surface area contributed by atoms with Crippen LogP contribution in [0, 0.1) is 12.8 Å². The molecule has 33 heavy (non-hydrogen) atoms. The minimum absolute atomic E-state index is 0.0322. The van der Waals surface area contributed by atoms with Crippen molar-refractivity contribution in [2.75, 3.05) is 24.5 Å². The van der Waals surface area contributed by atoms with Gasteiger partial charge in [-0.05, 0) is 62.1 Å². The summed E-state index contributed by atoms with van der Waals surface area (Å²) in [6.45, 7) is 7.51. The molecule has 3 amide bonds. The van der Waals surface area contributed by atoms with E-state index in [1.165, 1.54) is 0 Å². The van der Waals surface area contributed by atoms with Gasteiger partial charge in [0.25, 0.3) is 5.91 Å². The fourth-order valence-electron chi connectivity index (χ4n) is 4.38. The van der Waals surface area contributed by atoms with Gasteiger partial charge in [0.15, 0.2) is 5.06 Å². The van der Waals surface area contributed by atoms with Crippen LogP contribution in [-0.4, -0.2) is 48.5 Å². The molecule has 4 rings (SSSR count). The number of halogens is 1. The van der Waals surface area contributed by atoms with E-state index in [9.17, 15) is 14.4 Å². The van der Waals surface area contributed by atoms with Crippen molar-refractivity contribution >= 4 is 46.5 Å². The Labute approximate surface area is 202 Å². The smallest absolute Gasteiger partial charge is 0.399 e. The highest BCUT2D eigenvalue weighted by Crippen LogP contribution is 2.31. The molecular formula is C24H26ClN3O4S. The number of benzene rings is 1. The van der Waals surface area contributed by atoms with Gasteiger partial charge in [-0.1, -0.05) is 29.0 Å². The summed E-state index contributed by atoms with van der Waals surface area (Å²) in [4.78, 5) is 41.9. The fourth-order valence-corrected chi connectivity index (χ4v) is 5.25. The predicted molar refractivity (Wildman–Crippen MR) is 129 cm³/mol. The van der Waals surface area contributed by atoms with E-state index in [1.54, 1.807) is 35.2 Å². The molecule has 2 fully saturated rings. The van der Waals surface area contributed by atoms with Crippen LogP contribution in [0.25, 0.3) is 0 Å². The van der Waals surface area contributed by atoms with Gasteiger partial charge in [-0.25, -0.2) is 4.79 Å². The largest absolute Gasteiger partial charge is 0.413 e. The zero-order valence-electron chi connectivity index (χ0n) is 18.4. The van der Waals surface area contributed by atoms with Crippen molar-refractivity contribution in [2.24, 2.45) is 5.92 Å². The Morgan fingerprint density at radius 1 is 1.27 bits per heavy atom. The standard InChI is InChI=1S/C24H26ClN3O4S/c1-3-6-18-19(26-24(31)32-21-10-9-20(25)33-21)14-28(23(18)30)16-7-8-17(15(2)13-16)22(29)27-11-4-5-12-27/h3,7-10,13,18-19H,1,4-6,11-12,14H2,2H3,(H,26,31). The van der Waals surface area contributed by atoms with Crippen molar-refractivity contribution in [2.45, 2.75) is 32.2 Å². The van der Waals surface area contributed by atoms with E-state index in [0.29, 0.717) is 33.6 Å². The number of hydrogen-bond donors (Lipinski definition) is 1. The molecule has 0 bridgehead atoms. The maximum Gasteiger partial charge on any atom is 0.413 e. The van der Waals surface area contributed by atoms with Gasteiger partial charge >= 0.3 is 6.09 Å². The first-order valence-corrected chi connectivity index (χ1v) is 12.1. The van der Waals surface area contributed by atoms with Crippen molar-refractivity contribution in [1.82, 2.24) is 10.2 Å². The SMILES string of the molecule is C=CCC1C(=O)N(c2ccc(C(=O)N3CCCC3)c(C)c2)CC1NC(=O)Oc1ccc(Cl)s1. The molecule has 174 valence electrons. The molecule has 0 aliphatic carbocycles. The van der Waals surface area contributed by atoms with E-state index in [4.69, 9.17) is 16.3 Å².